The molecule has 0 radical (unpaired) electrons. The Bertz CT molecular complexity index is 891. The van der Waals surface area contributed by atoms with Crippen molar-refractivity contribution in [2.75, 3.05) is 26.2 Å². The first-order valence-corrected chi connectivity index (χ1v) is 10.1. The highest BCUT2D eigenvalue weighted by Gasteiger charge is 2.48. The Morgan fingerprint density at radius 3 is 2.37 bits per heavy atom. The van der Waals surface area contributed by atoms with Gasteiger partial charge < -0.3 is 14.2 Å². The fourth-order valence-corrected chi connectivity index (χ4v) is 4.42. The van der Waals surface area contributed by atoms with Gasteiger partial charge in [-0.25, -0.2) is 4.98 Å². The average Bonchev–Trinajstić information content (AvgIpc) is 3.24. The minimum Gasteiger partial charge on any atom is -0.459 e. The summed E-state index contributed by atoms with van der Waals surface area (Å²) in [5.74, 6) is 0.326. The predicted octanol–water partition coefficient (Wildman–Crippen LogP) is 2.42. The number of imidazole rings is 1. The Morgan fingerprint density at radius 1 is 1.17 bits per heavy atom. The van der Waals surface area contributed by atoms with Crippen LogP contribution in [0.5, 0.6) is 0 Å². The van der Waals surface area contributed by atoms with Gasteiger partial charge >= 0.3 is 5.97 Å². The maximum atomic E-state index is 13.0. The van der Waals surface area contributed by atoms with E-state index in [1.165, 1.54) is 5.56 Å². The molecule has 162 valence electrons. The number of aryl methyl sites for hydroxylation is 1. The van der Waals surface area contributed by atoms with Crippen molar-refractivity contribution in [3.63, 3.8) is 0 Å². The van der Waals surface area contributed by atoms with Crippen molar-refractivity contribution in [2.24, 2.45) is 13.0 Å². The molecule has 2 saturated heterocycles. The Morgan fingerprint density at radius 2 is 1.83 bits per heavy atom. The molecule has 8 heteroatoms. The van der Waals surface area contributed by atoms with Crippen molar-refractivity contribution in [1.29, 1.82) is 0 Å². The lowest BCUT2D eigenvalue weighted by atomic mass is 9.89. The molecular weight excluding hydrogens is 404 g/mol. The molecule has 2 fully saturated rings. The zero-order valence-electron chi connectivity index (χ0n) is 17.7. The van der Waals surface area contributed by atoms with Gasteiger partial charge in [-0.15, -0.1) is 12.4 Å². The number of ether oxygens (including phenoxy) is 1. The Labute approximate surface area is 183 Å². The van der Waals surface area contributed by atoms with Crippen LogP contribution in [0.1, 0.15) is 37.7 Å². The molecule has 2 unspecified atom stereocenters. The van der Waals surface area contributed by atoms with Crippen LogP contribution in [-0.4, -0.2) is 63.0 Å². The molecule has 4 rings (SSSR count). The zero-order chi connectivity index (χ0) is 20.6. The standard InChI is InChI=1S/C22H28N4O3.ClH/c1-22(2)17(15-18(27)29-22)21(28)26-13-11-25(12-14-26)19(16-7-5-4-6-8-16)20-23-9-10-24(20)3;/h4-10,17,19H,11-15H2,1-3H3;1H. The van der Waals surface area contributed by atoms with Crippen molar-refractivity contribution in [3.05, 3.63) is 54.1 Å². The van der Waals surface area contributed by atoms with Crippen molar-refractivity contribution >= 4 is 24.3 Å². The molecule has 0 N–H and O–H groups in total. The van der Waals surface area contributed by atoms with E-state index >= 15 is 0 Å². The number of cyclic esters (lactones) is 1. The molecule has 2 aromatic rings. The van der Waals surface area contributed by atoms with E-state index in [2.05, 4.69) is 26.6 Å². The quantitative estimate of drug-likeness (QED) is 0.694. The van der Waals surface area contributed by atoms with Crippen molar-refractivity contribution < 1.29 is 14.3 Å². The average molecular weight is 433 g/mol. The van der Waals surface area contributed by atoms with E-state index in [4.69, 9.17) is 4.74 Å². The second-order valence-electron chi connectivity index (χ2n) is 8.41. The minimum absolute atomic E-state index is 0. The van der Waals surface area contributed by atoms with Gasteiger partial charge in [0, 0.05) is 45.6 Å². The maximum absolute atomic E-state index is 13.0. The third kappa shape index (κ3) is 4.23. The SMILES string of the molecule is Cl.Cn1ccnc1C(c1ccccc1)N1CCN(C(=O)C2CC(=O)OC2(C)C)CC1. The highest BCUT2D eigenvalue weighted by atomic mass is 35.5. The molecule has 1 aromatic heterocycles. The van der Waals surface area contributed by atoms with Crippen LogP contribution in [0.2, 0.25) is 0 Å². The molecule has 0 spiro atoms. The molecule has 3 heterocycles. The molecule has 0 saturated carbocycles. The minimum atomic E-state index is -0.731. The fourth-order valence-electron chi connectivity index (χ4n) is 4.42. The van der Waals surface area contributed by atoms with Gasteiger partial charge in [0.1, 0.15) is 11.4 Å². The normalized spacial score (nSPS) is 22.3. The largest absolute Gasteiger partial charge is 0.459 e. The van der Waals surface area contributed by atoms with E-state index in [1.807, 2.05) is 56.4 Å². The van der Waals surface area contributed by atoms with Gasteiger partial charge in [-0.2, -0.15) is 0 Å². The maximum Gasteiger partial charge on any atom is 0.307 e. The van der Waals surface area contributed by atoms with Gasteiger partial charge in [-0.05, 0) is 19.4 Å². The van der Waals surface area contributed by atoms with Crippen LogP contribution in [-0.2, 0) is 21.4 Å². The Balaban J connectivity index is 0.00000256. The number of rotatable bonds is 4. The van der Waals surface area contributed by atoms with Gasteiger partial charge in [0.15, 0.2) is 0 Å². The number of amides is 1. The summed E-state index contributed by atoms with van der Waals surface area (Å²) in [5, 5.41) is 0. The molecule has 2 aliphatic rings. The fraction of sp³-hybridized carbons (Fsp3) is 0.500. The number of carbonyl (C=O) groups excluding carboxylic acids is 2. The molecule has 0 aliphatic carbocycles. The van der Waals surface area contributed by atoms with E-state index in [9.17, 15) is 9.59 Å². The van der Waals surface area contributed by atoms with Gasteiger partial charge in [0.25, 0.3) is 0 Å². The highest BCUT2D eigenvalue weighted by molar-refractivity contribution is 5.87. The highest BCUT2D eigenvalue weighted by Crippen LogP contribution is 2.34. The third-order valence-corrected chi connectivity index (χ3v) is 6.09. The molecule has 1 amide bonds. The number of piperazine rings is 1. The smallest absolute Gasteiger partial charge is 0.307 e. The van der Waals surface area contributed by atoms with Crippen LogP contribution in [0.3, 0.4) is 0 Å². The Kier molecular flexibility index (Phi) is 6.53. The number of hydrogen-bond donors (Lipinski definition) is 0. The van der Waals surface area contributed by atoms with Crippen LogP contribution in [0.15, 0.2) is 42.7 Å². The van der Waals surface area contributed by atoms with Crippen LogP contribution in [0.4, 0.5) is 0 Å². The van der Waals surface area contributed by atoms with E-state index in [0.717, 1.165) is 18.9 Å². The first-order valence-electron chi connectivity index (χ1n) is 10.1. The summed E-state index contributed by atoms with van der Waals surface area (Å²) in [6.07, 6.45) is 3.96. The van der Waals surface area contributed by atoms with E-state index < -0.39 is 11.5 Å². The Hall–Kier alpha value is -2.38. The summed E-state index contributed by atoms with van der Waals surface area (Å²) in [6.45, 7) is 6.41. The number of carbonyl (C=O) groups is 2. The molecular formula is C22H29ClN4O3. The number of halogens is 1. The summed E-state index contributed by atoms with van der Waals surface area (Å²) >= 11 is 0. The first kappa shape index (κ1) is 22.3. The van der Waals surface area contributed by atoms with Gasteiger partial charge in [-0.3, -0.25) is 14.5 Å². The number of nitrogens with zero attached hydrogens (tertiary/aromatic N) is 4. The van der Waals surface area contributed by atoms with Gasteiger partial charge in [0.2, 0.25) is 5.91 Å². The van der Waals surface area contributed by atoms with Crippen molar-refractivity contribution in [2.45, 2.75) is 31.9 Å². The monoisotopic (exact) mass is 432 g/mol. The summed E-state index contributed by atoms with van der Waals surface area (Å²) in [7, 11) is 2.01. The third-order valence-electron chi connectivity index (χ3n) is 6.09. The summed E-state index contributed by atoms with van der Waals surface area (Å²) in [6, 6.07) is 10.4. The second-order valence-corrected chi connectivity index (χ2v) is 8.41. The lowest BCUT2D eigenvalue weighted by Gasteiger charge is -2.40. The second kappa shape index (κ2) is 8.78. The molecule has 2 aliphatic heterocycles. The topological polar surface area (TPSA) is 67.7 Å². The number of benzene rings is 1. The predicted molar refractivity (Wildman–Crippen MR) is 115 cm³/mol. The molecule has 1 aromatic carbocycles. The summed E-state index contributed by atoms with van der Waals surface area (Å²) in [4.78, 5) is 33.6. The molecule has 7 nitrogen and oxygen atoms in total. The van der Waals surface area contributed by atoms with Crippen molar-refractivity contribution in [3.8, 4) is 0 Å². The summed E-state index contributed by atoms with van der Waals surface area (Å²) < 4.78 is 7.40. The first-order chi connectivity index (χ1) is 13.9. The zero-order valence-corrected chi connectivity index (χ0v) is 18.5. The van der Waals surface area contributed by atoms with E-state index in [1.54, 1.807) is 0 Å². The lowest BCUT2D eigenvalue weighted by Crippen LogP contribution is -2.53. The molecule has 2 atom stereocenters. The number of esters is 1. The van der Waals surface area contributed by atoms with Crippen LogP contribution in [0.25, 0.3) is 0 Å². The van der Waals surface area contributed by atoms with Gasteiger partial charge in [0.05, 0.1) is 18.4 Å². The van der Waals surface area contributed by atoms with Gasteiger partial charge in [-0.1, -0.05) is 30.3 Å². The van der Waals surface area contributed by atoms with E-state index in [0.29, 0.717) is 13.1 Å². The number of hydrogen-bond acceptors (Lipinski definition) is 5. The summed E-state index contributed by atoms with van der Waals surface area (Å²) in [5.41, 5.74) is 0.461. The lowest BCUT2D eigenvalue weighted by molar-refractivity contribution is -0.149. The van der Waals surface area contributed by atoms with Crippen molar-refractivity contribution in [1.82, 2.24) is 19.4 Å². The molecule has 0 bridgehead atoms. The van der Waals surface area contributed by atoms with E-state index in [-0.39, 0.29) is 36.7 Å². The van der Waals surface area contributed by atoms with Crippen LogP contribution < -0.4 is 0 Å². The number of aromatic nitrogens is 2. The molecule has 30 heavy (non-hydrogen) atoms. The van der Waals surface area contributed by atoms with Crippen LogP contribution >= 0.6 is 12.4 Å². The van der Waals surface area contributed by atoms with Crippen LogP contribution in [0, 0.1) is 5.92 Å².